The quantitative estimate of drug-likeness (QED) is 0.322. The van der Waals surface area contributed by atoms with Crippen molar-refractivity contribution in [3.8, 4) is 0 Å². The summed E-state index contributed by atoms with van der Waals surface area (Å²) in [6.07, 6.45) is 4.68. The molecule has 0 bridgehead atoms. The molecular formula is C20H42BO4VW-. The zero-order chi connectivity index (χ0) is 18.3. The second-order valence-electron chi connectivity index (χ2n) is 6.33. The molecule has 4 nitrogen and oxygen atoms in total. The van der Waals surface area contributed by atoms with Gasteiger partial charge in [0.05, 0.1) is 20.1 Å². The topological polar surface area (TPSA) is 44.8 Å². The maximum Gasteiger partial charge on any atom is 2.00 e. The third-order valence-corrected chi connectivity index (χ3v) is 3.30. The standard InChI is InChI=1S/C9H17BO.C5H9O2.C4H10O.2CH3.V.W/c1-7(2)11-6-8-3-4-9(10)5-8;1-3-5(6)4-7-2;1-4(2)5-3;;;;/h7-9H,3-6H2,1-2H3;1,3-4H2,2H3;4H,1-3H3;2*1H3;;/q;-1;;2*-1;;+2. The van der Waals surface area contributed by atoms with E-state index in [9.17, 15) is 4.79 Å². The Morgan fingerprint density at radius 1 is 1.11 bits per heavy atom. The van der Waals surface area contributed by atoms with Gasteiger partial charge in [-0.25, -0.2) is 0 Å². The number of methoxy groups -OCH3 is 2. The van der Waals surface area contributed by atoms with Crippen LogP contribution in [0.2, 0.25) is 5.82 Å². The van der Waals surface area contributed by atoms with E-state index in [-0.39, 0.29) is 66.9 Å². The minimum absolute atomic E-state index is 0. The molecule has 1 aliphatic rings. The maximum atomic E-state index is 10.2. The molecule has 0 aromatic heterocycles. The summed E-state index contributed by atoms with van der Waals surface area (Å²) in [6.45, 7) is 12.6. The van der Waals surface area contributed by atoms with Gasteiger partial charge < -0.3 is 40.8 Å². The van der Waals surface area contributed by atoms with Crippen LogP contribution in [-0.2, 0) is 58.6 Å². The average Bonchev–Trinajstić information content (AvgIpc) is 2.92. The molecule has 1 aliphatic carbocycles. The zero-order valence-corrected chi connectivity index (χ0v) is 23.2. The Bertz CT molecular complexity index is 283. The van der Waals surface area contributed by atoms with Crippen molar-refractivity contribution in [1.82, 2.24) is 0 Å². The minimum atomic E-state index is 0. The predicted octanol–water partition coefficient (Wildman–Crippen LogP) is 4.53. The first-order valence-corrected chi connectivity index (χ1v) is 8.46. The van der Waals surface area contributed by atoms with Gasteiger partial charge in [0, 0.05) is 39.4 Å². The molecule has 3 radical (unpaired) electrons. The minimum Gasteiger partial charge on any atom is -0.382 e. The van der Waals surface area contributed by atoms with Gasteiger partial charge in [-0.15, -0.1) is 6.42 Å². The van der Waals surface area contributed by atoms with Crippen LogP contribution in [0.1, 0.15) is 53.4 Å². The second-order valence-corrected chi connectivity index (χ2v) is 6.33. The van der Waals surface area contributed by atoms with Crippen molar-refractivity contribution >= 4 is 13.6 Å². The molecule has 0 amide bonds. The third kappa shape index (κ3) is 34.8. The summed E-state index contributed by atoms with van der Waals surface area (Å²) in [5.41, 5.74) is 0. The number of hydrogen-bond donors (Lipinski definition) is 0. The van der Waals surface area contributed by atoms with Crippen LogP contribution in [0.5, 0.6) is 0 Å². The largest absolute Gasteiger partial charge is 2.00 e. The summed E-state index contributed by atoms with van der Waals surface area (Å²) in [5, 5.41) is 0. The molecule has 0 N–H and O–H groups in total. The Hall–Kier alpha value is 0.888. The molecule has 1 rings (SSSR count). The molecular weight excluding hydrogens is 550 g/mol. The Balaban J connectivity index is -0.0000000614. The monoisotopic (exact) mass is 592 g/mol. The molecule has 0 aromatic carbocycles. The fourth-order valence-electron chi connectivity index (χ4n) is 1.83. The van der Waals surface area contributed by atoms with Gasteiger partial charge in [0.2, 0.25) is 0 Å². The van der Waals surface area contributed by atoms with E-state index in [0.29, 0.717) is 24.4 Å². The number of carbonyl (C=O) groups excluding carboxylic acids is 1. The van der Waals surface area contributed by atoms with E-state index in [2.05, 4.69) is 25.5 Å². The Labute approximate surface area is 198 Å². The van der Waals surface area contributed by atoms with Gasteiger partial charge >= 0.3 is 21.1 Å². The second kappa shape index (κ2) is 29.1. The molecule has 0 heterocycles. The van der Waals surface area contributed by atoms with Crippen molar-refractivity contribution in [3.05, 3.63) is 21.8 Å². The third-order valence-electron chi connectivity index (χ3n) is 3.30. The van der Waals surface area contributed by atoms with Crippen LogP contribution in [0.4, 0.5) is 0 Å². The van der Waals surface area contributed by atoms with E-state index in [4.69, 9.17) is 17.3 Å². The first kappa shape index (κ1) is 42.1. The molecule has 0 saturated heterocycles. The summed E-state index contributed by atoms with van der Waals surface area (Å²) in [7, 11) is 8.97. The molecule has 1 saturated carbocycles. The fraction of sp³-hybridized carbons (Fsp3) is 0.800. The van der Waals surface area contributed by atoms with Crippen molar-refractivity contribution in [2.24, 2.45) is 5.92 Å². The van der Waals surface area contributed by atoms with Gasteiger partial charge in [-0.1, -0.05) is 18.7 Å². The molecule has 161 valence electrons. The maximum absolute atomic E-state index is 10.2. The van der Waals surface area contributed by atoms with Gasteiger partial charge in [-0.2, -0.15) is 0 Å². The zero-order valence-electron chi connectivity index (χ0n) is 18.8. The van der Waals surface area contributed by atoms with Gasteiger partial charge in [-0.05, 0) is 40.0 Å². The van der Waals surface area contributed by atoms with E-state index in [1.807, 2.05) is 13.8 Å². The van der Waals surface area contributed by atoms with E-state index < -0.39 is 0 Å². The van der Waals surface area contributed by atoms with Gasteiger partial charge in [-0.3, -0.25) is 0 Å². The summed E-state index contributed by atoms with van der Waals surface area (Å²) < 4.78 is 14.8. The molecule has 0 spiro atoms. The molecule has 27 heavy (non-hydrogen) atoms. The van der Waals surface area contributed by atoms with E-state index in [0.717, 1.165) is 18.9 Å². The Morgan fingerprint density at radius 3 is 1.81 bits per heavy atom. The molecule has 2 unspecified atom stereocenters. The summed E-state index contributed by atoms with van der Waals surface area (Å²) in [5.74, 6) is 1.21. The summed E-state index contributed by atoms with van der Waals surface area (Å²) in [6, 6.07) is 0. The van der Waals surface area contributed by atoms with E-state index in [1.165, 1.54) is 20.0 Å². The number of carbonyl (C=O) groups is 1. The van der Waals surface area contributed by atoms with E-state index in [1.54, 1.807) is 7.11 Å². The van der Waals surface area contributed by atoms with Crippen LogP contribution >= 0.6 is 0 Å². The SMILES string of the molecule is COC(C)C.[B]C1CCC(COC(C)C)C1.[CH2-]CC(=O)COC.[CH3-].[CH3-].[V].[W+2]. The molecule has 0 aromatic rings. The Morgan fingerprint density at radius 2 is 1.59 bits per heavy atom. The molecule has 2 atom stereocenters. The van der Waals surface area contributed by atoms with Crippen LogP contribution in [0.3, 0.4) is 0 Å². The van der Waals surface area contributed by atoms with Crippen molar-refractivity contribution in [2.75, 3.05) is 27.4 Å². The van der Waals surface area contributed by atoms with Crippen LogP contribution in [0.15, 0.2) is 0 Å². The summed E-state index contributed by atoms with van der Waals surface area (Å²) in [4.78, 5) is 10.2. The number of hydrogen-bond acceptors (Lipinski definition) is 4. The van der Waals surface area contributed by atoms with Crippen LogP contribution in [0, 0.1) is 27.7 Å². The van der Waals surface area contributed by atoms with Crippen molar-refractivity contribution in [2.45, 2.75) is 71.4 Å². The van der Waals surface area contributed by atoms with Crippen LogP contribution in [0.25, 0.3) is 0 Å². The first-order valence-electron chi connectivity index (χ1n) is 8.46. The first-order chi connectivity index (χ1) is 10.8. The normalized spacial score (nSPS) is 16.9. The van der Waals surface area contributed by atoms with Crippen molar-refractivity contribution < 1.29 is 58.6 Å². The van der Waals surface area contributed by atoms with Crippen molar-refractivity contribution in [3.63, 3.8) is 0 Å². The smallest absolute Gasteiger partial charge is 0.382 e. The van der Waals surface area contributed by atoms with E-state index >= 15 is 0 Å². The molecule has 7 heteroatoms. The van der Waals surface area contributed by atoms with Gasteiger partial charge in [0.15, 0.2) is 0 Å². The van der Waals surface area contributed by atoms with Gasteiger partial charge in [0.1, 0.15) is 12.4 Å². The Kier molecular flexibility index (Phi) is 45.3. The fourth-order valence-corrected chi connectivity index (χ4v) is 1.83. The van der Waals surface area contributed by atoms with Crippen LogP contribution < -0.4 is 0 Å². The summed E-state index contributed by atoms with van der Waals surface area (Å²) >= 11 is 0. The van der Waals surface area contributed by atoms with Crippen LogP contribution in [-0.4, -0.2) is 53.3 Å². The number of Topliss-reactive ketones (excluding diaryl/α,β-unsaturated/α-hetero) is 1. The predicted molar refractivity (Wildman–Crippen MR) is 110 cm³/mol. The number of ketones is 1. The molecule has 1 fully saturated rings. The average molecular weight is 592 g/mol. The van der Waals surface area contributed by atoms with Crippen molar-refractivity contribution in [1.29, 1.82) is 0 Å². The molecule has 0 aliphatic heterocycles. The number of ether oxygens (including phenoxy) is 3. The number of rotatable bonds is 7. The van der Waals surface area contributed by atoms with Gasteiger partial charge in [0.25, 0.3) is 0 Å².